The van der Waals surface area contributed by atoms with Crippen molar-refractivity contribution in [3.05, 3.63) is 97.2 Å². The Balaban J connectivity index is 4.50. The number of carbonyl (C=O) groups is 3. The summed E-state index contributed by atoms with van der Waals surface area (Å²) >= 11 is 0. The molecule has 1 unspecified atom stereocenters. The van der Waals surface area contributed by atoms with Crippen molar-refractivity contribution in [2.75, 3.05) is 13.2 Å². The van der Waals surface area contributed by atoms with Crippen LogP contribution in [0.15, 0.2) is 97.2 Å². The van der Waals surface area contributed by atoms with Gasteiger partial charge in [0.1, 0.15) is 13.2 Å². The van der Waals surface area contributed by atoms with Crippen LogP contribution in [-0.2, 0) is 28.6 Å². The van der Waals surface area contributed by atoms with E-state index in [0.717, 1.165) is 128 Å². The second-order valence-corrected chi connectivity index (χ2v) is 17.0. The summed E-state index contributed by atoms with van der Waals surface area (Å²) in [7, 11) is 0. The number of allylic oxidation sites excluding steroid dienone is 16. The summed E-state index contributed by atoms with van der Waals surface area (Å²) in [5, 5.41) is 0. The number of unbranched alkanes of at least 4 members (excludes halogenated alkanes) is 19. The smallest absolute Gasteiger partial charge is 0.306 e. The number of hydrogen-bond donors (Lipinski definition) is 0. The van der Waals surface area contributed by atoms with Crippen molar-refractivity contribution in [3.8, 4) is 0 Å². The summed E-state index contributed by atoms with van der Waals surface area (Å²) in [6.07, 6.45) is 68.2. The zero-order chi connectivity index (χ0) is 46.5. The van der Waals surface area contributed by atoms with Crippen molar-refractivity contribution in [1.82, 2.24) is 0 Å². The summed E-state index contributed by atoms with van der Waals surface area (Å²) in [4.78, 5) is 38.0. The molecule has 0 heterocycles. The molecule has 0 aromatic heterocycles. The maximum absolute atomic E-state index is 12.8. The van der Waals surface area contributed by atoms with Crippen LogP contribution in [-0.4, -0.2) is 37.2 Å². The summed E-state index contributed by atoms with van der Waals surface area (Å²) in [5.74, 6) is -0.974. The van der Waals surface area contributed by atoms with Crippen LogP contribution in [0, 0.1) is 0 Å². The van der Waals surface area contributed by atoms with Gasteiger partial charge in [0.25, 0.3) is 0 Å². The van der Waals surface area contributed by atoms with Gasteiger partial charge in [-0.2, -0.15) is 0 Å². The Kier molecular flexibility index (Phi) is 49.0. The lowest BCUT2D eigenvalue weighted by Crippen LogP contribution is -2.30. The van der Waals surface area contributed by atoms with E-state index in [-0.39, 0.29) is 37.5 Å². The fourth-order valence-corrected chi connectivity index (χ4v) is 6.91. The highest BCUT2D eigenvalue weighted by Crippen LogP contribution is 2.13. The minimum absolute atomic E-state index is 0.105. The van der Waals surface area contributed by atoms with Crippen LogP contribution in [0.25, 0.3) is 0 Å². The van der Waals surface area contributed by atoms with E-state index in [1.54, 1.807) is 0 Å². The van der Waals surface area contributed by atoms with Gasteiger partial charge in [-0.25, -0.2) is 0 Å². The van der Waals surface area contributed by atoms with Crippen LogP contribution in [0.1, 0.15) is 233 Å². The molecule has 0 aliphatic rings. The van der Waals surface area contributed by atoms with Gasteiger partial charge in [-0.1, -0.05) is 195 Å². The predicted octanol–water partition coefficient (Wildman–Crippen LogP) is 17.4. The molecule has 0 spiro atoms. The monoisotopic (exact) mass is 889 g/mol. The highest BCUT2D eigenvalue weighted by molar-refractivity contribution is 5.71. The van der Waals surface area contributed by atoms with Crippen LogP contribution >= 0.6 is 0 Å². The zero-order valence-corrected chi connectivity index (χ0v) is 41.5. The van der Waals surface area contributed by atoms with E-state index in [1.165, 1.54) is 57.8 Å². The molecule has 0 aliphatic heterocycles. The van der Waals surface area contributed by atoms with Crippen molar-refractivity contribution in [2.45, 2.75) is 239 Å². The Labute approximate surface area is 394 Å². The van der Waals surface area contributed by atoms with E-state index in [2.05, 4.69) is 118 Å². The van der Waals surface area contributed by atoms with E-state index in [0.29, 0.717) is 19.3 Å². The molecule has 364 valence electrons. The summed E-state index contributed by atoms with van der Waals surface area (Å²) in [5.41, 5.74) is 0. The van der Waals surface area contributed by atoms with Gasteiger partial charge < -0.3 is 14.2 Å². The van der Waals surface area contributed by atoms with Gasteiger partial charge in [0.05, 0.1) is 0 Å². The molecule has 0 saturated heterocycles. The number of rotatable bonds is 46. The van der Waals surface area contributed by atoms with E-state index >= 15 is 0 Å². The molecule has 0 N–H and O–H groups in total. The van der Waals surface area contributed by atoms with E-state index in [1.807, 2.05) is 0 Å². The molecule has 0 aromatic carbocycles. The summed E-state index contributed by atoms with van der Waals surface area (Å²) < 4.78 is 16.8. The van der Waals surface area contributed by atoms with Crippen molar-refractivity contribution >= 4 is 17.9 Å². The molecule has 0 radical (unpaired) electrons. The topological polar surface area (TPSA) is 78.9 Å². The second-order valence-electron chi connectivity index (χ2n) is 17.0. The van der Waals surface area contributed by atoms with Crippen LogP contribution in [0.3, 0.4) is 0 Å². The molecule has 0 rings (SSSR count). The Morgan fingerprint density at radius 1 is 0.328 bits per heavy atom. The van der Waals surface area contributed by atoms with E-state index in [9.17, 15) is 14.4 Å². The molecule has 0 bridgehead atoms. The van der Waals surface area contributed by atoms with E-state index in [4.69, 9.17) is 14.2 Å². The molecule has 0 aliphatic carbocycles. The van der Waals surface area contributed by atoms with E-state index < -0.39 is 6.10 Å². The van der Waals surface area contributed by atoms with Gasteiger partial charge in [-0.05, 0) is 116 Å². The maximum Gasteiger partial charge on any atom is 0.306 e. The molecule has 0 fully saturated rings. The van der Waals surface area contributed by atoms with Crippen LogP contribution in [0.5, 0.6) is 0 Å². The van der Waals surface area contributed by atoms with Gasteiger partial charge >= 0.3 is 17.9 Å². The van der Waals surface area contributed by atoms with Crippen LogP contribution in [0.4, 0.5) is 0 Å². The lowest BCUT2D eigenvalue weighted by molar-refractivity contribution is -0.167. The minimum Gasteiger partial charge on any atom is -0.462 e. The average molecular weight is 889 g/mol. The Bertz CT molecular complexity index is 1300. The first-order chi connectivity index (χ1) is 31.5. The number of hydrogen-bond acceptors (Lipinski definition) is 6. The SMILES string of the molecule is CC/C=C\C/C=C\C/C=C\C/C=C\CCCCC(=O)OC(COC(=O)CCCCCCC/C=C\C/C=C\C/C=C\CC)COC(=O)CCCCCCC/C=C\CCCCCCCCC. The molecular formula is C58H96O6. The molecule has 0 saturated carbocycles. The first kappa shape index (κ1) is 60.3. The minimum atomic E-state index is -0.810. The lowest BCUT2D eigenvalue weighted by Gasteiger charge is -2.18. The first-order valence-electron chi connectivity index (χ1n) is 26.2. The largest absolute Gasteiger partial charge is 0.462 e. The third-order valence-electron chi connectivity index (χ3n) is 10.8. The predicted molar refractivity (Wildman–Crippen MR) is 274 cm³/mol. The van der Waals surface area contributed by atoms with Crippen molar-refractivity contribution in [1.29, 1.82) is 0 Å². The third-order valence-corrected chi connectivity index (χ3v) is 10.8. The lowest BCUT2D eigenvalue weighted by atomic mass is 10.1. The molecule has 0 amide bonds. The van der Waals surface area contributed by atoms with Gasteiger partial charge in [-0.15, -0.1) is 0 Å². The highest BCUT2D eigenvalue weighted by atomic mass is 16.6. The van der Waals surface area contributed by atoms with Crippen molar-refractivity contribution < 1.29 is 28.6 Å². The van der Waals surface area contributed by atoms with Gasteiger partial charge in [0.15, 0.2) is 6.10 Å². The van der Waals surface area contributed by atoms with Crippen molar-refractivity contribution in [3.63, 3.8) is 0 Å². The molecule has 0 aromatic rings. The number of ether oxygens (including phenoxy) is 3. The number of carbonyl (C=O) groups excluding carboxylic acids is 3. The fourth-order valence-electron chi connectivity index (χ4n) is 6.91. The fraction of sp³-hybridized carbons (Fsp3) is 0.672. The normalized spacial score (nSPS) is 12.9. The second kappa shape index (κ2) is 52.0. The van der Waals surface area contributed by atoms with Gasteiger partial charge in [0, 0.05) is 19.3 Å². The standard InChI is InChI=1S/C58H96O6/c1-4-7-10-13-16-19-22-25-28-31-33-36-39-42-45-48-51-57(60)63-54-55(64-58(61)52-49-46-43-40-37-34-30-27-24-21-18-15-12-9-6-3)53-62-56(59)50-47-44-41-38-35-32-29-26-23-20-17-14-11-8-5-2/h8-9,11-12,17-18,20-21,26-31,37,40,55H,4-7,10,13-16,19,22-25,32-36,38-39,41-54H2,1-3H3/b11-8-,12-9-,20-17-,21-18-,29-26-,30-27-,31-28-,40-37-. The van der Waals surface area contributed by atoms with Gasteiger partial charge in [-0.3, -0.25) is 14.4 Å². The molecular weight excluding hydrogens is 793 g/mol. The summed E-state index contributed by atoms with van der Waals surface area (Å²) in [6.45, 7) is 6.35. The molecule has 6 nitrogen and oxygen atoms in total. The average Bonchev–Trinajstić information content (AvgIpc) is 3.29. The number of esters is 3. The van der Waals surface area contributed by atoms with Crippen LogP contribution in [0.2, 0.25) is 0 Å². The van der Waals surface area contributed by atoms with Crippen LogP contribution < -0.4 is 0 Å². The molecule has 6 heteroatoms. The quantitative estimate of drug-likeness (QED) is 0.0262. The Morgan fingerprint density at radius 2 is 0.609 bits per heavy atom. The first-order valence-corrected chi connectivity index (χ1v) is 26.2. The third kappa shape index (κ3) is 49.3. The highest BCUT2D eigenvalue weighted by Gasteiger charge is 2.19. The Morgan fingerprint density at radius 3 is 1.00 bits per heavy atom. The van der Waals surface area contributed by atoms with Gasteiger partial charge in [0.2, 0.25) is 0 Å². The maximum atomic E-state index is 12.8. The van der Waals surface area contributed by atoms with Crippen molar-refractivity contribution in [2.24, 2.45) is 0 Å². The zero-order valence-electron chi connectivity index (χ0n) is 41.5. The Hall–Kier alpha value is -3.67. The molecule has 64 heavy (non-hydrogen) atoms. The summed E-state index contributed by atoms with van der Waals surface area (Å²) in [6, 6.07) is 0. The molecule has 1 atom stereocenters.